The molecule has 0 bridgehead atoms. The van der Waals surface area contributed by atoms with Gasteiger partial charge in [0.15, 0.2) is 11.2 Å². The van der Waals surface area contributed by atoms with Gasteiger partial charge in [0.2, 0.25) is 11.7 Å². The average molecular weight is 469 g/mol. The van der Waals surface area contributed by atoms with Gasteiger partial charge in [0.1, 0.15) is 0 Å². The Morgan fingerprint density at radius 1 is 1.16 bits per heavy atom. The first kappa shape index (κ1) is 22.2. The molecule has 0 radical (unpaired) electrons. The molecule has 1 amide bonds. The van der Waals surface area contributed by atoms with Gasteiger partial charge in [-0.1, -0.05) is 41.4 Å². The third kappa shape index (κ3) is 4.74. The van der Waals surface area contributed by atoms with Gasteiger partial charge in [-0.15, -0.1) is 11.3 Å². The van der Waals surface area contributed by atoms with E-state index < -0.39 is 18.0 Å². The van der Waals surface area contributed by atoms with Crippen LogP contribution in [0.25, 0.3) is 11.3 Å². The molecule has 2 aromatic carbocycles. The zero-order valence-electron chi connectivity index (χ0n) is 17.6. The molecule has 0 unspecified atom stereocenters. The summed E-state index contributed by atoms with van der Waals surface area (Å²) in [5, 5.41) is 2.96. The van der Waals surface area contributed by atoms with E-state index in [1.807, 2.05) is 36.6 Å². The number of amides is 1. The van der Waals surface area contributed by atoms with Gasteiger partial charge in [0.05, 0.1) is 11.6 Å². The van der Waals surface area contributed by atoms with E-state index >= 15 is 0 Å². The summed E-state index contributed by atoms with van der Waals surface area (Å²) in [6, 6.07) is 14.4. The van der Waals surface area contributed by atoms with E-state index in [4.69, 9.17) is 16.3 Å². The van der Waals surface area contributed by atoms with E-state index in [2.05, 4.69) is 4.98 Å². The first-order valence-corrected chi connectivity index (χ1v) is 11.4. The van der Waals surface area contributed by atoms with E-state index in [9.17, 15) is 14.4 Å². The molecule has 1 aliphatic heterocycles. The molecule has 1 fully saturated rings. The van der Waals surface area contributed by atoms with Crippen molar-refractivity contribution >= 4 is 45.7 Å². The van der Waals surface area contributed by atoms with Crippen LogP contribution in [0.15, 0.2) is 53.9 Å². The highest BCUT2D eigenvalue weighted by Gasteiger charge is 2.38. The van der Waals surface area contributed by atoms with Crippen LogP contribution < -0.4 is 4.90 Å². The third-order valence-electron chi connectivity index (χ3n) is 5.32. The maximum Gasteiger partial charge on any atom is 0.312 e. The number of Topliss-reactive ketones (excluding diaryl/α,β-unsaturated/α-hetero) is 1. The topological polar surface area (TPSA) is 76.6 Å². The number of esters is 1. The summed E-state index contributed by atoms with van der Waals surface area (Å²) in [4.78, 5) is 43.8. The molecule has 164 valence electrons. The Morgan fingerprint density at radius 2 is 1.84 bits per heavy atom. The van der Waals surface area contributed by atoms with E-state index in [1.165, 1.54) is 23.2 Å². The minimum Gasteiger partial charge on any atom is -0.454 e. The molecule has 0 aliphatic carbocycles. The maximum absolute atomic E-state index is 12.6. The van der Waals surface area contributed by atoms with Crippen LogP contribution in [0, 0.1) is 12.8 Å². The van der Waals surface area contributed by atoms with E-state index in [1.54, 1.807) is 24.3 Å². The number of hydrogen-bond donors (Lipinski definition) is 0. The number of halogens is 1. The molecule has 4 rings (SSSR count). The molecule has 1 aliphatic rings. The van der Waals surface area contributed by atoms with Gasteiger partial charge in [-0.2, -0.15) is 0 Å². The molecule has 0 N–H and O–H groups in total. The minimum absolute atomic E-state index is 0.0279. The fourth-order valence-electron chi connectivity index (χ4n) is 3.47. The summed E-state index contributed by atoms with van der Waals surface area (Å²) in [5.41, 5.74) is 3.32. The van der Waals surface area contributed by atoms with Crippen LogP contribution >= 0.6 is 22.9 Å². The number of hydrogen-bond acceptors (Lipinski definition) is 6. The highest BCUT2D eigenvalue weighted by Crippen LogP contribution is 2.32. The summed E-state index contributed by atoms with van der Waals surface area (Å²) in [5.74, 6) is -1.71. The Bertz CT molecular complexity index is 1160. The van der Waals surface area contributed by atoms with E-state index in [0.717, 1.165) is 16.8 Å². The Balaban J connectivity index is 1.40. The number of rotatable bonds is 6. The maximum atomic E-state index is 12.6. The molecule has 8 heteroatoms. The van der Waals surface area contributed by atoms with Gasteiger partial charge in [-0.25, -0.2) is 4.98 Å². The van der Waals surface area contributed by atoms with Crippen LogP contribution in [0.3, 0.4) is 0 Å². The van der Waals surface area contributed by atoms with Crippen LogP contribution in [0.1, 0.15) is 29.3 Å². The molecular weight excluding hydrogens is 448 g/mol. The smallest absolute Gasteiger partial charge is 0.312 e. The third-order valence-corrected chi connectivity index (χ3v) is 6.44. The predicted molar refractivity (Wildman–Crippen MR) is 124 cm³/mol. The number of ether oxygens (including phenoxy) is 1. The van der Waals surface area contributed by atoms with Crippen molar-refractivity contribution in [2.75, 3.05) is 11.4 Å². The Kier molecular flexibility index (Phi) is 6.39. The van der Waals surface area contributed by atoms with E-state index in [0.29, 0.717) is 15.7 Å². The summed E-state index contributed by atoms with van der Waals surface area (Å²) >= 11 is 7.21. The molecule has 6 nitrogen and oxygen atoms in total. The molecule has 1 aromatic heterocycles. The standard InChI is InChI=1S/C24H21ClN2O4S/c1-14-3-5-16(6-4-14)20-13-32-24(26-20)27-12-18(11-21(27)28)23(30)31-15(2)22(29)17-7-9-19(25)10-8-17/h3-10,13,15,18H,11-12H2,1-2H3/t15-,18-/m1/s1. The van der Waals surface area contributed by atoms with Crippen LogP contribution in [0.2, 0.25) is 5.02 Å². The van der Waals surface area contributed by atoms with Gasteiger partial charge in [-0.3, -0.25) is 19.3 Å². The van der Waals surface area contributed by atoms with Gasteiger partial charge in [0, 0.05) is 34.5 Å². The van der Waals surface area contributed by atoms with Crippen molar-refractivity contribution < 1.29 is 19.1 Å². The fraction of sp³-hybridized carbons (Fsp3) is 0.250. The van der Waals surface area contributed by atoms with Crippen molar-refractivity contribution in [3.8, 4) is 11.3 Å². The van der Waals surface area contributed by atoms with Crippen LogP contribution in [-0.4, -0.2) is 35.3 Å². The number of carbonyl (C=O) groups is 3. The van der Waals surface area contributed by atoms with Crippen molar-refractivity contribution in [2.24, 2.45) is 5.92 Å². The Morgan fingerprint density at radius 3 is 2.53 bits per heavy atom. The number of anilines is 1. The zero-order valence-corrected chi connectivity index (χ0v) is 19.2. The molecule has 1 saturated heterocycles. The molecule has 3 aromatic rings. The zero-order chi connectivity index (χ0) is 22.8. The summed E-state index contributed by atoms with van der Waals surface area (Å²) in [6.45, 7) is 3.72. The van der Waals surface area contributed by atoms with Gasteiger partial charge >= 0.3 is 5.97 Å². The first-order valence-electron chi connectivity index (χ1n) is 10.1. The summed E-state index contributed by atoms with van der Waals surface area (Å²) < 4.78 is 5.38. The molecule has 0 saturated carbocycles. The average Bonchev–Trinajstić information content (AvgIpc) is 3.41. The number of aromatic nitrogens is 1. The van der Waals surface area contributed by atoms with Gasteiger partial charge in [-0.05, 0) is 38.1 Å². The monoisotopic (exact) mass is 468 g/mol. The normalized spacial score (nSPS) is 16.8. The fourth-order valence-corrected chi connectivity index (χ4v) is 4.45. The first-order chi connectivity index (χ1) is 15.3. The number of nitrogens with zero attached hydrogens (tertiary/aromatic N) is 2. The minimum atomic E-state index is -0.958. The lowest BCUT2D eigenvalue weighted by Gasteiger charge is -2.16. The number of benzene rings is 2. The second kappa shape index (κ2) is 9.22. The number of thiazole rings is 1. The Hall–Kier alpha value is -3.03. The molecule has 2 heterocycles. The second-order valence-corrected chi connectivity index (χ2v) is 9.01. The molecule has 0 spiro atoms. The van der Waals surface area contributed by atoms with Crippen molar-refractivity contribution in [3.05, 3.63) is 70.1 Å². The van der Waals surface area contributed by atoms with Crippen LogP contribution in [0.4, 0.5) is 5.13 Å². The SMILES string of the molecule is Cc1ccc(-c2csc(N3C[C@H](C(=O)O[C@H](C)C(=O)c4ccc(Cl)cc4)CC3=O)n2)cc1. The van der Waals surface area contributed by atoms with Crippen molar-refractivity contribution in [1.82, 2.24) is 4.98 Å². The lowest BCUT2D eigenvalue weighted by Crippen LogP contribution is -2.30. The van der Waals surface area contributed by atoms with Gasteiger partial charge < -0.3 is 4.74 Å². The lowest BCUT2D eigenvalue weighted by atomic mass is 10.1. The number of aryl methyl sites for hydroxylation is 1. The quantitative estimate of drug-likeness (QED) is 0.378. The largest absolute Gasteiger partial charge is 0.454 e. The Labute approximate surface area is 194 Å². The van der Waals surface area contributed by atoms with Crippen LogP contribution in [-0.2, 0) is 14.3 Å². The molecule has 2 atom stereocenters. The van der Waals surface area contributed by atoms with Gasteiger partial charge in [0.25, 0.3) is 0 Å². The predicted octanol–water partition coefficient (Wildman–Crippen LogP) is 4.94. The van der Waals surface area contributed by atoms with Crippen molar-refractivity contribution in [2.45, 2.75) is 26.4 Å². The number of ketones is 1. The van der Waals surface area contributed by atoms with Crippen molar-refractivity contribution in [1.29, 1.82) is 0 Å². The lowest BCUT2D eigenvalue weighted by molar-refractivity contribution is -0.151. The molecular formula is C24H21ClN2O4S. The van der Waals surface area contributed by atoms with E-state index in [-0.39, 0.29) is 24.7 Å². The highest BCUT2D eigenvalue weighted by atomic mass is 35.5. The number of carbonyl (C=O) groups excluding carboxylic acids is 3. The highest BCUT2D eigenvalue weighted by molar-refractivity contribution is 7.14. The summed E-state index contributed by atoms with van der Waals surface area (Å²) in [6.07, 6.45) is -0.930. The second-order valence-electron chi connectivity index (χ2n) is 7.74. The molecule has 32 heavy (non-hydrogen) atoms. The van der Waals surface area contributed by atoms with Crippen LogP contribution in [0.5, 0.6) is 0 Å². The summed E-state index contributed by atoms with van der Waals surface area (Å²) in [7, 11) is 0. The van der Waals surface area contributed by atoms with Crippen molar-refractivity contribution in [3.63, 3.8) is 0 Å².